The third kappa shape index (κ3) is 5.17. The Labute approximate surface area is 159 Å². The number of hydrogen-bond donors (Lipinski definition) is 0. The molecule has 2 aromatic rings. The number of Topliss-reactive ketones (excluding diaryl/α,β-unsaturated/α-hetero) is 1. The highest BCUT2D eigenvalue weighted by molar-refractivity contribution is 7.90. The van der Waals surface area contributed by atoms with E-state index in [2.05, 4.69) is 0 Å². The highest BCUT2D eigenvalue weighted by Gasteiger charge is 2.17. The van der Waals surface area contributed by atoms with Crippen molar-refractivity contribution in [2.45, 2.75) is 32.3 Å². The Hall–Kier alpha value is -2.67. The number of carbonyl (C=O) groups is 2. The van der Waals surface area contributed by atoms with Crippen molar-refractivity contribution < 1.29 is 27.5 Å². The van der Waals surface area contributed by atoms with Crippen molar-refractivity contribution in [2.24, 2.45) is 0 Å². The van der Waals surface area contributed by atoms with Gasteiger partial charge in [0.05, 0.1) is 17.1 Å². The smallest absolute Gasteiger partial charge is 0.338 e. The van der Waals surface area contributed by atoms with Crippen LogP contribution in [0.4, 0.5) is 0 Å². The lowest BCUT2D eigenvalue weighted by molar-refractivity contribution is 0.0468. The van der Waals surface area contributed by atoms with Gasteiger partial charge in [0.15, 0.2) is 15.6 Å². The van der Waals surface area contributed by atoms with Crippen LogP contribution in [0.3, 0.4) is 0 Å². The average molecular weight is 390 g/mol. The van der Waals surface area contributed by atoms with Crippen LogP contribution in [0.1, 0.15) is 45.7 Å². The number of ketones is 1. The maximum absolute atomic E-state index is 12.5. The molecular formula is C20H22O6S. The van der Waals surface area contributed by atoms with Crippen molar-refractivity contribution in [1.82, 2.24) is 0 Å². The van der Waals surface area contributed by atoms with Gasteiger partial charge in [-0.2, -0.15) is 0 Å². The van der Waals surface area contributed by atoms with E-state index in [1.165, 1.54) is 19.1 Å². The molecule has 0 fully saturated rings. The number of sulfone groups is 1. The highest BCUT2D eigenvalue weighted by Crippen LogP contribution is 2.23. The lowest BCUT2D eigenvalue weighted by atomic mass is 10.1. The predicted octanol–water partition coefficient (Wildman–Crippen LogP) is 3.36. The van der Waals surface area contributed by atoms with Gasteiger partial charge < -0.3 is 9.47 Å². The molecule has 27 heavy (non-hydrogen) atoms. The van der Waals surface area contributed by atoms with Gasteiger partial charge in [0, 0.05) is 17.4 Å². The molecule has 0 unspecified atom stereocenters. The lowest BCUT2D eigenvalue weighted by Gasteiger charge is -2.13. The normalized spacial score (nSPS) is 11.1. The molecule has 6 nitrogen and oxygen atoms in total. The van der Waals surface area contributed by atoms with Crippen LogP contribution in [0.25, 0.3) is 0 Å². The fraction of sp³-hybridized carbons (Fsp3) is 0.300. The van der Waals surface area contributed by atoms with E-state index in [9.17, 15) is 18.0 Å². The summed E-state index contributed by atoms with van der Waals surface area (Å²) in [6.07, 6.45) is 1.08. The van der Waals surface area contributed by atoms with Crippen molar-refractivity contribution >= 4 is 21.6 Å². The van der Waals surface area contributed by atoms with Crippen molar-refractivity contribution in [3.8, 4) is 5.75 Å². The minimum Gasteiger partial charge on any atom is -0.493 e. The molecule has 0 radical (unpaired) electrons. The van der Waals surface area contributed by atoms with E-state index >= 15 is 0 Å². The molecule has 0 saturated heterocycles. The maximum atomic E-state index is 12.5. The van der Waals surface area contributed by atoms with Gasteiger partial charge in [-0.1, -0.05) is 6.07 Å². The molecule has 2 aromatic carbocycles. The minimum atomic E-state index is -3.44. The molecule has 0 heterocycles. The number of ether oxygens (including phenoxy) is 2. The Balaban J connectivity index is 2.27. The van der Waals surface area contributed by atoms with E-state index in [-0.39, 0.29) is 22.8 Å². The zero-order chi connectivity index (χ0) is 20.2. The highest BCUT2D eigenvalue weighted by atomic mass is 32.2. The standard InChI is InChI=1S/C20H22O6S/c1-5-25-19-9-7-15(14(3)21)10-16(19)12-26-20(22)18-11-17(27(4,23)24)8-6-13(18)2/h6-11H,5,12H2,1-4H3. The lowest BCUT2D eigenvalue weighted by Crippen LogP contribution is -2.10. The van der Waals surface area contributed by atoms with Crippen LogP contribution in [-0.4, -0.2) is 33.0 Å². The van der Waals surface area contributed by atoms with Gasteiger partial charge in [0.25, 0.3) is 0 Å². The second kappa shape index (κ2) is 8.35. The number of rotatable bonds is 7. The van der Waals surface area contributed by atoms with Crippen molar-refractivity contribution in [2.75, 3.05) is 12.9 Å². The number of carbonyl (C=O) groups excluding carboxylic acids is 2. The van der Waals surface area contributed by atoms with Crippen LogP contribution in [-0.2, 0) is 21.2 Å². The monoisotopic (exact) mass is 390 g/mol. The molecule has 0 amide bonds. The zero-order valence-electron chi connectivity index (χ0n) is 15.7. The van der Waals surface area contributed by atoms with E-state index in [0.717, 1.165) is 6.26 Å². The summed E-state index contributed by atoms with van der Waals surface area (Å²) in [6, 6.07) is 9.26. The van der Waals surface area contributed by atoms with Crippen LogP contribution in [0.5, 0.6) is 5.75 Å². The van der Waals surface area contributed by atoms with Gasteiger partial charge in [0.1, 0.15) is 12.4 Å². The van der Waals surface area contributed by atoms with E-state index in [1.54, 1.807) is 31.2 Å². The van der Waals surface area contributed by atoms with Crippen LogP contribution in [0.2, 0.25) is 0 Å². The molecule has 0 atom stereocenters. The molecule has 0 spiro atoms. The summed E-state index contributed by atoms with van der Waals surface area (Å²) >= 11 is 0. The Morgan fingerprint density at radius 3 is 2.37 bits per heavy atom. The Kier molecular flexibility index (Phi) is 6.38. The SMILES string of the molecule is CCOc1ccc(C(C)=O)cc1COC(=O)c1cc(S(C)(=O)=O)ccc1C. The van der Waals surface area contributed by atoms with Gasteiger partial charge in [-0.15, -0.1) is 0 Å². The van der Waals surface area contributed by atoms with Crippen LogP contribution < -0.4 is 4.74 Å². The van der Waals surface area contributed by atoms with Crippen molar-refractivity contribution in [1.29, 1.82) is 0 Å². The third-order valence-corrected chi connectivity index (χ3v) is 5.09. The predicted molar refractivity (Wildman–Crippen MR) is 101 cm³/mol. The Morgan fingerprint density at radius 1 is 1.07 bits per heavy atom. The first-order valence-electron chi connectivity index (χ1n) is 8.38. The third-order valence-electron chi connectivity index (χ3n) is 3.98. The zero-order valence-corrected chi connectivity index (χ0v) is 16.6. The van der Waals surface area contributed by atoms with Crippen molar-refractivity contribution in [3.63, 3.8) is 0 Å². The van der Waals surface area contributed by atoms with E-state index in [0.29, 0.717) is 29.0 Å². The summed E-state index contributed by atoms with van der Waals surface area (Å²) in [5.74, 6) is -0.229. The largest absolute Gasteiger partial charge is 0.493 e. The Morgan fingerprint density at radius 2 is 1.78 bits per heavy atom. The van der Waals surface area contributed by atoms with Gasteiger partial charge in [-0.05, 0) is 56.7 Å². The first-order chi connectivity index (χ1) is 12.6. The van der Waals surface area contributed by atoms with Crippen LogP contribution >= 0.6 is 0 Å². The first kappa shape index (κ1) is 20.6. The van der Waals surface area contributed by atoms with Crippen molar-refractivity contribution in [3.05, 3.63) is 58.7 Å². The number of esters is 1. The van der Waals surface area contributed by atoms with Crippen LogP contribution in [0.15, 0.2) is 41.3 Å². The average Bonchev–Trinajstić information content (AvgIpc) is 2.60. The first-order valence-corrected chi connectivity index (χ1v) is 10.3. The van der Waals surface area contributed by atoms with Crippen LogP contribution in [0, 0.1) is 6.92 Å². The molecule has 7 heteroatoms. The van der Waals surface area contributed by atoms with Gasteiger partial charge in [-0.3, -0.25) is 4.79 Å². The second-order valence-corrected chi connectivity index (χ2v) is 8.15. The summed E-state index contributed by atoms with van der Waals surface area (Å²) in [5.41, 5.74) is 1.84. The summed E-state index contributed by atoms with van der Waals surface area (Å²) in [4.78, 5) is 24.1. The number of benzene rings is 2. The maximum Gasteiger partial charge on any atom is 0.338 e. The molecule has 0 saturated carbocycles. The van der Waals surface area contributed by atoms with E-state index in [1.807, 2.05) is 6.92 Å². The fourth-order valence-electron chi connectivity index (χ4n) is 2.48. The van der Waals surface area contributed by atoms with E-state index in [4.69, 9.17) is 9.47 Å². The number of aryl methyl sites for hydroxylation is 1. The quantitative estimate of drug-likeness (QED) is 0.532. The molecule has 144 valence electrons. The fourth-order valence-corrected chi connectivity index (χ4v) is 3.13. The summed E-state index contributed by atoms with van der Waals surface area (Å²) in [5, 5.41) is 0. The summed E-state index contributed by atoms with van der Waals surface area (Å²) in [6.45, 7) is 5.30. The molecular weight excluding hydrogens is 368 g/mol. The molecule has 0 bridgehead atoms. The minimum absolute atomic E-state index is 0.0497. The van der Waals surface area contributed by atoms with E-state index < -0.39 is 15.8 Å². The topological polar surface area (TPSA) is 86.7 Å². The molecule has 0 aliphatic carbocycles. The number of hydrogen-bond acceptors (Lipinski definition) is 6. The second-order valence-electron chi connectivity index (χ2n) is 6.14. The van der Waals surface area contributed by atoms with Gasteiger partial charge in [0.2, 0.25) is 0 Å². The molecule has 0 aliphatic heterocycles. The van der Waals surface area contributed by atoms with Gasteiger partial charge >= 0.3 is 5.97 Å². The van der Waals surface area contributed by atoms with Gasteiger partial charge in [-0.25, -0.2) is 13.2 Å². The molecule has 0 aliphatic rings. The molecule has 2 rings (SSSR count). The summed E-state index contributed by atoms with van der Waals surface area (Å²) in [7, 11) is -3.44. The molecule has 0 N–H and O–H groups in total. The molecule has 0 aromatic heterocycles. The summed E-state index contributed by atoms with van der Waals surface area (Å²) < 4.78 is 34.3. The Bertz CT molecular complexity index is 976.